The Morgan fingerprint density at radius 1 is 1.38 bits per heavy atom. The van der Waals surface area contributed by atoms with Gasteiger partial charge in [-0.25, -0.2) is 0 Å². The molecule has 0 radical (unpaired) electrons. The van der Waals surface area contributed by atoms with E-state index in [0.717, 1.165) is 24.9 Å². The summed E-state index contributed by atoms with van der Waals surface area (Å²) in [5.74, 6) is 0.644. The molecule has 1 aromatic carbocycles. The van der Waals surface area contributed by atoms with E-state index in [4.69, 9.17) is 4.74 Å². The summed E-state index contributed by atoms with van der Waals surface area (Å²) < 4.78 is 42.0. The van der Waals surface area contributed by atoms with E-state index in [1.54, 1.807) is 7.11 Å². The van der Waals surface area contributed by atoms with Gasteiger partial charge in [-0.3, -0.25) is 0 Å². The van der Waals surface area contributed by atoms with E-state index in [-0.39, 0.29) is 6.54 Å². The first-order valence-corrected chi connectivity index (χ1v) is 7.15. The average molecular weight is 302 g/mol. The van der Waals surface area contributed by atoms with Crippen molar-refractivity contribution >= 4 is 0 Å². The van der Waals surface area contributed by atoms with Crippen molar-refractivity contribution in [2.24, 2.45) is 0 Å². The standard InChI is InChI=1S/C15H21F3N2O/c1-3-13-12-7-14(21-2)11(6-10(12)4-5-20-13)8-19-9-15(16,17)18/h6-7,13,19-20H,3-5,8-9H2,1-2H3. The molecule has 1 atom stereocenters. The van der Waals surface area contributed by atoms with Crippen molar-refractivity contribution < 1.29 is 17.9 Å². The Bertz CT molecular complexity index is 489. The smallest absolute Gasteiger partial charge is 0.401 e. The maximum Gasteiger partial charge on any atom is 0.401 e. The number of benzene rings is 1. The van der Waals surface area contributed by atoms with Gasteiger partial charge >= 0.3 is 6.18 Å². The summed E-state index contributed by atoms with van der Waals surface area (Å²) in [5.41, 5.74) is 3.17. The third-order valence-corrected chi connectivity index (χ3v) is 3.75. The molecule has 1 heterocycles. The van der Waals surface area contributed by atoms with Gasteiger partial charge in [-0.15, -0.1) is 0 Å². The Balaban J connectivity index is 2.18. The topological polar surface area (TPSA) is 33.3 Å². The maximum atomic E-state index is 12.2. The molecule has 0 saturated carbocycles. The van der Waals surface area contributed by atoms with E-state index in [9.17, 15) is 13.2 Å². The minimum absolute atomic E-state index is 0.153. The van der Waals surface area contributed by atoms with Gasteiger partial charge in [0.2, 0.25) is 0 Å². The van der Waals surface area contributed by atoms with Gasteiger partial charge in [-0.1, -0.05) is 13.0 Å². The molecule has 0 bridgehead atoms. The van der Waals surface area contributed by atoms with Crippen molar-refractivity contribution in [1.82, 2.24) is 10.6 Å². The quantitative estimate of drug-likeness (QED) is 0.877. The van der Waals surface area contributed by atoms with Crippen molar-refractivity contribution in [2.75, 3.05) is 20.2 Å². The summed E-state index contributed by atoms with van der Waals surface area (Å²) in [6.45, 7) is 2.16. The predicted molar refractivity (Wildman–Crippen MR) is 75.5 cm³/mol. The molecule has 1 aromatic rings. The monoisotopic (exact) mass is 302 g/mol. The van der Waals surface area contributed by atoms with E-state index in [1.807, 2.05) is 12.1 Å². The van der Waals surface area contributed by atoms with Crippen LogP contribution >= 0.6 is 0 Å². The normalized spacial score (nSPS) is 18.4. The highest BCUT2D eigenvalue weighted by Gasteiger charge is 2.26. The van der Waals surface area contributed by atoms with E-state index in [1.165, 1.54) is 11.1 Å². The van der Waals surface area contributed by atoms with Gasteiger partial charge in [-0.2, -0.15) is 13.2 Å². The van der Waals surface area contributed by atoms with Gasteiger partial charge in [0, 0.05) is 18.2 Å². The van der Waals surface area contributed by atoms with E-state index < -0.39 is 12.7 Å². The van der Waals surface area contributed by atoms with Crippen LogP contribution in [0.1, 0.15) is 36.1 Å². The molecule has 1 unspecified atom stereocenters. The molecule has 0 fully saturated rings. The second kappa shape index (κ2) is 6.66. The Kier molecular flexibility index (Phi) is 5.11. The number of nitrogens with one attached hydrogen (secondary N) is 2. The zero-order valence-electron chi connectivity index (χ0n) is 12.3. The van der Waals surface area contributed by atoms with Crippen molar-refractivity contribution in [3.05, 3.63) is 28.8 Å². The highest BCUT2D eigenvalue weighted by Crippen LogP contribution is 2.32. The molecule has 0 aromatic heterocycles. The second-order valence-electron chi connectivity index (χ2n) is 5.25. The van der Waals surface area contributed by atoms with E-state index >= 15 is 0 Å². The lowest BCUT2D eigenvalue weighted by Crippen LogP contribution is -2.30. The van der Waals surface area contributed by atoms with Gasteiger partial charge in [0.05, 0.1) is 13.7 Å². The average Bonchev–Trinajstić information content (AvgIpc) is 2.44. The summed E-state index contributed by atoms with van der Waals surface area (Å²) in [6, 6.07) is 4.22. The first-order chi connectivity index (χ1) is 9.94. The number of ether oxygens (including phenoxy) is 1. The number of alkyl halides is 3. The fourth-order valence-electron chi connectivity index (χ4n) is 2.75. The highest BCUT2D eigenvalue weighted by atomic mass is 19.4. The van der Waals surface area contributed by atoms with Crippen LogP contribution in [0.3, 0.4) is 0 Å². The fraction of sp³-hybridized carbons (Fsp3) is 0.600. The van der Waals surface area contributed by atoms with Crippen LogP contribution in [-0.4, -0.2) is 26.4 Å². The zero-order valence-corrected chi connectivity index (χ0v) is 12.3. The third kappa shape index (κ3) is 4.11. The molecule has 0 spiro atoms. The third-order valence-electron chi connectivity index (χ3n) is 3.75. The Morgan fingerprint density at radius 2 is 2.14 bits per heavy atom. The zero-order chi connectivity index (χ0) is 15.5. The lowest BCUT2D eigenvalue weighted by molar-refractivity contribution is -0.125. The van der Waals surface area contributed by atoms with E-state index in [2.05, 4.69) is 17.6 Å². The number of methoxy groups -OCH3 is 1. The molecule has 118 valence electrons. The van der Waals surface area contributed by atoms with Crippen LogP contribution in [-0.2, 0) is 13.0 Å². The second-order valence-corrected chi connectivity index (χ2v) is 5.25. The minimum atomic E-state index is -4.20. The first kappa shape index (κ1) is 16.1. The number of hydrogen-bond acceptors (Lipinski definition) is 3. The van der Waals surface area contributed by atoms with Crippen LogP contribution in [0.2, 0.25) is 0 Å². The van der Waals surface area contributed by atoms with Crippen LogP contribution in [0.5, 0.6) is 5.75 Å². The van der Waals surface area contributed by atoms with Gasteiger partial charge < -0.3 is 15.4 Å². The summed E-state index contributed by atoms with van der Waals surface area (Å²) in [5, 5.41) is 5.87. The molecule has 0 amide bonds. The molecular weight excluding hydrogens is 281 g/mol. The maximum absolute atomic E-state index is 12.2. The lowest BCUT2D eigenvalue weighted by Gasteiger charge is -2.27. The number of rotatable bonds is 5. The van der Waals surface area contributed by atoms with Crippen LogP contribution in [0.4, 0.5) is 13.2 Å². The van der Waals surface area contributed by atoms with Gasteiger partial charge in [0.15, 0.2) is 0 Å². The molecule has 21 heavy (non-hydrogen) atoms. The van der Waals surface area contributed by atoms with E-state index in [0.29, 0.717) is 11.8 Å². The fourth-order valence-corrected chi connectivity index (χ4v) is 2.75. The summed E-state index contributed by atoms with van der Waals surface area (Å²) in [4.78, 5) is 0. The molecule has 2 rings (SSSR count). The Labute approximate surface area is 122 Å². The lowest BCUT2D eigenvalue weighted by atomic mass is 9.90. The molecular formula is C15H21F3N2O. The van der Waals surface area contributed by atoms with Crippen LogP contribution in [0, 0.1) is 0 Å². The molecule has 0 saturated heterocycles. The Hall–Kier alpha value is -1.27. The molecule has 0 aliphatic carbocycles. The van der Waals surface area contributed by atoms with Gasteiger partial charge in [0.25, 0.3) is 0 Å². The van der Waals surface area contributed by atoms with Gasteiger partial charge in [0.1, 0.15) is 5.75 Å². The minimum Gasteiger partial charge on any atom is -0.496 e. The van der Waals surface area contributed by atoms with Crippen LogP contribution < -0.4 is 15.4 Å². The van der Waals surface area contributed by atoms with Crippen molar-refractivity contribution in [3.8, 4) is 5.75 Å². The van der Waals surface area contributed by atoms with Crippen LogP contribution in [0.15, 0.2) is 12.1 Å². The summed E-state index contributed by atoms with van der Waals surface area (Å²) in [7, 11) is 1.55. The number of fused-ring (bicyclic) bond motifs is 1. The first-order valence-electron chi connectivity index (χ1n) is 7.15. The molecule has 6 heteroatoms. The van der Waals surface area contributed by atoms with Crippen molar-refractivity contribution in [1.29, 1.82) is 0 Å². The molecule has 1 aliphatic heterocycles. The summed E-state index contributed by atoms with van der Waals surface area (Å²) in [6.07, 6.45) is -2.33. The molecule has 3 nitrogen and oxygen atoms in total. The molecule has 2 N–H and O–H groups in total. The van der Waals surface area contributed by atoms with Crippen molar-refractivity contribution in [3.63, 3.8) is 0 Å². The summed E-state index contributed by atoms with van der Waals surface area (Å²) >= 11 is 0. The van der Waals surface area contributed by atoms with Gasteiger partial charge in [-0.05, 0) is 36.6 Å². The van der Waals surface area contributed by atoms with Crippen LogP contribution in [0.25, 0.3) is 0 Å². The SMILES string of the molecule is CCC1NCCc2cc(CNCC(F)(F)F)c(OC)cc21. The number of hydrogen-bond donors (Lipinski definition) is 2. The molecule has 1 aliphatic rings. The Morgan fingerprint density at radius 3 is 2.76 bits per heavy atom. The van der Waals surface area contributed by atoms with Crippen molar-refractivity contribution in [2.45, 2.75) is 38.5 Å². The number of halogens is 3. The highest BCUT2D eigenvalue weighted by molar-refractivity contribution is 5.45. The largest absolute Gasteiger partial charge is 0.496 e. The predicted octanol–water partition coefficient (Wildman–Crippen LogP) is 2.94.